The Morgan fingerprint density at radius 1 is 1.36 bits per heavy atom. The highest BCUT2D eigenvalue weighted by Gasteiger charge is 2.00. The molecule has 0 atom stereocenters. The van der Waals surface area contributed by atoms with E-state index in [9.17, 15) is 0 Å². The van der Waals surface area contributed by atoms with Gasteiger partial charge in [-0.1, -0.05) is 6.07 Å². The quantitative estimate of drug-likeness (QED) is 0.590. The number of benzene rings is 1. The number of aryl methyl sites for hydroxylation is 1. The fourth-order valence-electron chi connectivity index (χ4n) is 1.12. The van der Waals surface area contributed by atoms with Gasteiger partial charge in [0.2, 0.25) is 0 Å². The summed E-state index contributed by atoms with van der Waals surface area (Å²) in [6, 6.07) is 6.09. The number of furan rings is 1. The molecule has 56 valence electrons. The number of rotatable bonds is 0. The van der Waals surface area contributed by atoms with Crippen LogP contribution in [-0.4, -0.2) is 0 Å². The van der Waals surface area contributed by atoms with Gasteiger partial charge in [-0.2, -0.15) is 0 Å². The van der Waals surface area contributed by atoms with E-state index in [1.54, 1.807) is 6.26 Å². The van der Waals surface area contributed by atoms with Gasteiger partial charge in [0.15, 0.2) is 0 Å². The molecule has 0 amide bonds. The number of hydrogen-bond acceptors (Lipinski definition) is 2. The molecule has 1 heterocycles. The summed E-state index contributed by atoms with van der Waals surface area (Å²) >= 11 is 4.24. The first kappa shape index (κ1) is 6.80. The third-order valence-electron chi connectivity index (χ3n) is 1.71. The lowest BCUT2D eigenvalue weighted by atomic mass is 10.2. The molecule has 0 aliphatic heterocycles. The zero-order valence-corrected chi connectivity index (χ0v) is 7.06. The maximum Gasteiger partial charge on any atom is 0.135 e. The molecule has 0 aliphatic carbocycles. The third-order valence-corrected chi connectivity index (χ3v) is 2.06. The SMILES string of the molecule is Cc1ccc2c(S)coc2c1. The van der Waals surface area contributed by atoms with Gasteiger partial charge in [-0.15, -0.1) is 12.6 Å². The molecule has 1 aromatic heterocycles. The topological polar surface area (TPSA) is 13.1 Å². The number of thiol groups is 1. The Bertz CT molecular complexity index is 389. The number of hydrogen-bond donors (Lipinski definition) is 1. The fourth-order valence-corrected chi connectivity index (χ4v) is 1.36. The lowest BCUT2D eigenvalue weighted by Crippen LogP contribution is -1.69. The summed E-state index contributed by atoms with van der Waals surface area (Å²) in [5.41, 5.74) is 2.12. The smallest absolute Gasteiger partial charge is 0.135 e. The van der Waals surface area contributed by atoms with Gasteiger partial charge in [-0.05, 0) is 24.6 Å². The largest absolute Gasteiger partial charge is 0.463 e. The Labute approximate surface area is 70.4 Å². The molecule has 0 fully saturated rings. The summed E-state index contributed by atoms with van der Waals surface area (Å²) in [6.07, 6.45) is 1.66. The van der Waals surface area contributed by atoms with E-state index >= 15 is 0 Å². The van der Waals surface area contributed by atoms with Crippen LogP contribution in [0, 0.1) is 6.92 Å². The molecular formula is C9H8OS. The second-order valence-corrected chi connectivity index (χ2v) is 3.10. The van der Waals surface area contributed by atoms with Gasteiger partial charge < -0.3 is 4.42 Å². The zero-order chi connectivity index (χ0) is 7.84. The van der Waals surface area contributed by atoms with Crippen LogP contribution in [-0.2, 0) is 0 Å². The highest BCUT2D eigenvalue weighted by Crippen LogP contribution is 2.24. The molecule has 2 aromatic rings. The standard InChI is InChI=1S/C9H8OS/c1-6-2-3-7-8(4-6)10-5-9(7)11/h2-5,11H,1H3. The minimum atomic E-state index is 0.903. The van der Waals surface area contributed by atoms with Crippen LogP contribution < -0.4 is 0 Å². The molecular weight excluding hydrogens is 156 g/mol. The highest BCUT2D eigenvalue weighted by molar-refractivity contribution is 7.80. The van der Waals surface area contributed by atoms with E-state index in [0.29, 0.717) is 0 Å². The van der Waals surface area contributed by atoms with Gasteiger partial charge in [0.05, 0.1) is 4.90 Å². The predicted octanol–water partition coefficient (Wildman–Crippen LogP) is 3.03. The molecule has 0 unspecified atom stereocenters. The van der Waals surface area contributed by atoms with Gasteiger partial charge in [0.1, 0.15) is 11.8 Å². The average Bonchev–Trinajstić information content (AvgIpc) is 2.32. The highest BCUT2D eigenvalue weighted by atomic mass is 32.1. The third kappa shape index (κ3) is 1.03. The lowest BCUT2D eigenvalue weighted by Gasteiger charge is -1.90. The van der Waals surface area contributed by atoms with Crippen molar-refractivity contribution in [3.8, 4) is 0 Å². The van der Waals surface area contributed by atoms with Crippen molar-refractivity contribution in [2.24, 2.45) is 0 Å². The van der Waals surface area contributed by atoms with E-state index in [-0.39, 0.29) is 0 Å². The molecule has 0 radical (unpaired) electrons. The normalized spacial score (nSPS) is 10.7. The fraction of sp³-hybridized carbons (Fsp3) is 0.111. The Morgan fingerprint density at radius 3 is 3.00 bits per heavy atom. The Balaban J connectivity index is 2.86. The molecule has 0 spiro atoms. The predicted molar refractivity (Wildman–Crippen MR) is 48.2 cm³/mol. The lowest BCUT2D eigenvalue weighted by molar-refractivity contribution is 0.608. The minimum Gasteiger partial charge on any atom is -0.463 e. The second kappa shape index (κ2) is 2.31. The van der Waals surface area contributed by atoms with Crippen LogP contribution in [0.5, 0.6) is 0 Å². The maximum atomic E-state index is 5.25. The van der Waals surface area contributed by atoms with E-state index in [0.717, 1.165) is 15.9 Å². The van der Waals surface area contributed by atoms with Crippen molar-refractivity contribution < 1.29 is 4.42 Å². The van der Waals surface area contributed by atoms with Crippen molar-refractivity contribution in [1.29, 1.82) is 0 Å². The van der Waals surface area contributed by atoms with Crippen molar-refractivity contribution >= 4 is 23.6 Å². The molecule has 0 saturated carbocycles. The number of fused-ring (bicyclic) bond motifs is 1. The van der Waals surface area contributed by atoms with Crippen molar-refractivity contribution in [3.05, 3.63) is 30.0 Å². The first-order chi connectivity index (χ1) is 5.27. The van der Waals surface area contributed by atoms with Crippen LogP contribution in [0.25, 0.3) is 11.0 Å². The van der Waals surface area contributed by atoms with Crippen LogP contribution in [0.1, 0.15) is 5.56 Å². The van der Waals surface area contributed by atoms with E-state index in [2.05, 4.69) is 18.7 Å². The van der Waals surface area contributed by atoms with Crippen LogP contribution >= 0.6 is 12.6 Å². The molecule has 11 heavy (non-hydrogen) atoms. The summed E-state index contributed by atoms with van der Waals surface area (Å²) in [7, 11) is 0. The summed E-state index contributed by atoms with van der Waals surface area (Å²) in [5, 5.41) is 1.08. The minimum absolute atomic E-state index is 0.903. The molecule has 1 nitrogen and oxygen atoms in total. The summed E-state index contributed by atoms with van der Waals surface area (Å²) in [6.45, 7) is 2.04. The van der Waals surface area contributed by atoms with Crippen LogP contribution in [0.4, 0.5) is 0 Å². The molecule has 1 aromatic carbocycles. The van der Waals surface area contributed by atoms with Gasteiger partial charge >= 0.3 is 0 Å². The Morgan fingerprint density at radius 2 is 2.18 bits per heavy atom. The molecule has 0 saturated heterocycles. The van der Waals surface area contributed by atoms with Crippen LogP contribution in [0.15, 0.2) is 33.8 Å². The Kier molecular flexibility index (Phi) is 1.43. The molecule has 2 rings (SSSR count). The van der Waals surface area contributed by atoms with E-state index in [1.807, 2.05) is 19.1 Å². The van der Waals surface area contributed by atoms with Crippen molar-refractivity contribution in [1.82, 2.24) is 0 Å². The molecule has 0 aliphatic rings. The molecule has 0 bridgehead atoms. The average molecular weight is 164 g/mol. The monoisotopic (exact) mass is 164 g/mol. The summed E-state index contributed by atoms with van der Waals surface area (Å²) in [4.78, 5) is 0.903. The van der Waals surface area contributed by atoms with Crippen LogP contribution in [0.2, 0.25) is 0 Å². The van der Waals surface area contributed by atoms with Gasteiger partial charge in [-0.25, -0.2) is 0 Å². The molecule has 0 N–H and O–H groups in total. The van der Waals surface area contributed by atoms with Crippen LogP contribution in [0.3, 0.4) is 0 Å². The van der Waals surface area contributed by atoms with Gasteiger partial charge in [-0.3, -0.25) is 0 Å². The van der Waals surface area contributed by atoms with Crippen molar-refractivity contribution in [3.63, 3.8) is 0 Å². The van der Waals surface area contributed by atoms with E-state index in [1.165, 1.54) is 5.56 Å². The summed E-state index contributed by atoms with van der Waals surface area (Å²) in [5.74, 6) is 0. The maximum absolute atomic E-state index is 5.25. The van der Waals surface area contributed by atoms with Crippen molar-refractivity contribution in [2.45, 2.75) is 11.8 Å². The van der Waals surface area contributed by atoms with Gasteiger partial charge in [0.25, 0.3) is 0 Å². The Hall–Kier alpha value is -0.890. The molecule has 2 heteroatoms. The van der Waals surface area contributed by atoms with E-state index in [4.69, 9.17) is 4.42 Å². The second-order valence-electron chi connectivity index (χ2n) is 2.62. The first-order valence-corrected chi connectivity index (χ1v) is 3.89. The zero-order valence-electron chi connectivity index (χ0n) is 6.16. The van der Waals surface area contributed by atoms with E-state index < -0.39 is 0 Å². The van der Waals surface area contributed by atoms with Crippen molar-refractivity contribution in [2.75, 3.05) is 0 Å². The van der Waals surface area contributed by atoms with Gasteiger partial charge in [0, 0.05) is 5.39 Å². The summed E-state index contributed by atoms with van der Waals surface area (Å²) < 4.78 is 5.25. The first-order valence-electron chi connectivity index (χ1n) is 3.44.